The number of nitrogens with zero attached hydrogens (tertiary/aromatic N) is 1. The molecule has 1 nitrogen and oxygen atoms in total. The Morgan fingerprint density at radius 1 is 1.11 bits per heavy atom. The molecule has 0 aromatic heterocycles. The summed E-state index contributed by atoms with van der Waals surface area (Å²) in [7, 11) is 2.10. The van der Waals surface area contributed by atoms with E-state index in [-0.39, 0.29) is 6.04 Å². The Morgan fingerprint density at radius 2 is 1.79 bits per heavy atom. The summed E-state index contributed by atoms with van der Waals surface area (Å²) in [6.45, 7) is 4.24. The topological polar surface area (TPSA) is 3.24 Å². The van der Waals surface area contributed by atoms with Crippen molar-refractivity contribution < 1.29 is 0 Å². The first-order chi connectivity index (χ1) is 9.13. The molecule has 1 atom stereocenters. The lowest BCUT2D eigenvalue weighted by Gasteiger charge is -2.28. The van der Waals surface area contributed by atoms with Gasteiger partial charge in [0.2, 0.25) is 0 Å². The zero-order valence-electron chi connectivity index (χ0n) is 11.7. The molecule has 0 aliphatic heterocycles. The highest BCUT2D eigenvalue weighted by Gasteiger charge is 2.15. The van der Waals surface area contributed by atoms with E-state index in [1.54, 1.807) is 0 Å². The van der Waals surface area contributed by atoms with Gasteiger partial charge >= 0.3 is 0 Å². The van der Waals surface area contributed by atoms with Gasteiger partial charge in [-0.25, -0.2) is 0 Å². The molecule has 0 radical (unpaired) electrons. The third-order valence-corrected chi connectivity index (χ3v) is 3.56. The average Bonchev–Trinajstić information content (AvgIpc) is 2.46. The van der Waals surface area contributed by atoms with Crippen LogP contribution in [0, 0.1) is 19.3 Å². The summed E-state index contributed by atoms with van der Waals surface area (Å²) >= 11 is 0. The number of hydrogen-bond acceptors (Lipinski definition) is 1. The number of anilines is 1. The van der Waals surface area contributed by atoms with Crippen molar-refractivity contribution in [1.82, 2.24) is 0 Å². The van der Waals surface area contributed by atoms with Crippen molar-refractivity contribution in [2.75, 3.05) is 11.9 Å². The Labute approximate surface area is 115 Å². The molecule has 19 heavy (non-hydrogen) atoms. The van der Waals surface area contributed by atoms with Crippen molar-refractivity contribution in [1.29, 1.82) is 0 Å². The smallest absolute Gasteiger partial charge is 0.0523 e. The van der Waals surface area contributed by atoms with Crippen LogP contribution in [0.2, 0.25) is 0 Å². The van der Waals surface area contributed by atoms with Gasteiger partial charge in [0.25, 0.3) is 0 Å². The summed E-state index contributed by atoms with van der Waals surface area (Å²) in [5.74, 6) is 2.80. The highest BCUT2D eigenvalue weighted by Crippen LogP contribution is 2.27. The van der Waals surface area contributed by atoms with Crippen molar-refractivity contribution in [3.63, 3.8) is 0 Å². The summed E-state index contributed by atoms with van der Waals surface area (Å²) in [5.41, 5.74) is 4.57. The van der Waals surface area contributed by atoms with Crippen LogP contribution in [0.1, 0.15) is 29.7 Å². The van der Waals surface area contributed by atoms with E-state index in [4.69, 9.17) is 6.42 Å². The second kappa shape index (κ2) is 5.63. The maximum absolute atomic E-state index is 5.63. The summed E-state index contributed by atoms with van der Waals surface area (Å²) in [5, 5.41) is 0. The second-order valence-corrected chi connectivity index (χ2v) is 4.86. The van der Waals surface area contributed by atoms with Crippen LogP contribution in [-0.4, -0.2) is 7.05 Å². The normalized spacial score (nSPS) is 11.7. The second-order valence-electron chi connectivity index (χ2n) is 4.86. The van der Waals surface area contributed by atoms with Crippen LogP contribution >= 0.6 is 0 Å². The SMILES string of the molecule is C#Cc1cc(C)ccc1C(C)N(C)c1ccccc1. The third-order valence-electron chi connectivity index (χ3n) is 3.56. The molecule has 0 N–H and O–H groups in total. The fourth-order valence-corrected chi connectivity index (χ4v) is 2.25. The van der Waals surface area contributed by atoms with Gasteiger partial charge in [0.1, 0.15) is 0 Å². The first-order valence-electron chi connectivity index (χ1n) is 6.48. The number of aryl methyl sites for hydroxylation is 1. The highest BCUT2D eigenvalue weighted by atomic mass is 15.1. The van der Waals surface area contributed by atoms with Crippen molar-refractivity contribution >= 4 is 5.69 Å². The zero-order chi connectivity index (χ0) is 13.8. The predicted octanol–water partition coefficient (Wildman–Crippen LogP) is 4.17. The first-order valence-corrected chi connectivity index (χ1v) is 6.48. The molecule has 2 aromatic rings. The van der Waals surface area contributed by atoms with Crippen LogP contribution in [0.3, 0.4) is 0 Å². The van der Waals surface area contributed by atoms with Gasteiger partial charge in [0.15, 0.2) is 0 Å². The van der Waals surface area contributed by atoms with Gasteiger partial charge in [-0.15, -0.1) is 6.42 Å². The average molecular weight is 249 g/mol. The van der Waals surface area contributed by atoms with Crippen LogP contribution in [0.15, 0.2) is 48.5 Å². The van der Waals surface area contributed by atoms with E-state index in [9.17, 15) is 0 Å². The van der Waals surface area contributed by atoms with Gasteiger partial charge in [0, 0.05) is 18.3 Å². The van der Waals surface area contributed by atoms with Crippen LogP contribution in [0.5, 0.6) is 0 Å². The predicted molar refractivity (Wildman–Crippen MR) is 82.4 cm³/mol. The monoisotopic (exact) mass is 249 g/mol. The summed E-state index contributed by atoms with van der Waals surface area (Å²) in [6.07, 6.45) is 5.63. The van der Waals surface area contributed by atoms with Gasteiger partial charge in [-0.1, -0.05) is 36.3 Å². The van der Waals surface area contributed by atoms with E-state index in [0.29, 0.717) is 0 Å². The lowest BCUT2D eigenvalue weighted by molar-refractivity contribution is 0.738. The Morgan fingerprint density at radius 3 is 2.42 bits per heavy atom. The fourth-order valence-electron chi connectivity index (χ4n) is 2.25. The first kappa shape index (κ1) is 13.2. The molecule has 2 aromatic carbocycles. The van der Waals surface area contributed by atoms with Crippen molar-refractivity contribution in [2.45, 2.75) is 19.9 Å². The molecule has 0 bridgehead atoms. The molecule has 2 rings (SSSR count). The lowest BCUT2D eigenvalue weighted by atomic mass is 9.98. The van der Waals surface area contributed by atoms with E-state index in [0.717, 1.165) is 5.56 Å². The van der Waals surface area contributed by atoms with Gasteiger partial charge in [-0.05, 0) is 43.2 Å². The molecular weight excluding hydrogens is 230 g/mol. The molecule has 0 heterocycles. The number of hydrogen-bond donors (Lipinski definition) is 0. The molecule has 96 valence electrons. The number of rotatable bonds is 3. The van der Waals surface area contributed by atoms with Crippen molar-refractivity contribution in [3.8, 4) is 12.3 Å². The zero-order valence-corrected chi connectivity index (χ0v) is 11.7. The minimum absolute atomic E-state index is 0.244. The van der Waals surface area contributed by atoms with Crippen LogP contribution in [0.4, 0.5) is 5.69 Å². The van der Waals surface area contributed by atoms with E-state index in [1.807, 2.05) is 6.07 Å². The van der Waals surface area contributed by atoms with E-state index in [2.05, 4.69) is 74.2 Å². The fraction of sp³-hybridized carbons (Fsp3) is 0.222. The molecule has 0 aliphatic rings. The van der Waals surface area contributed by atoms with Crippen LogP contribution < -0.4 is 4.90 Å². The maximum Gasteiger partial charge on any atom is 0.0523 e. The lowest BCUT2D eigenvalue weighted by Crippen LogP contribution is -2.22. The molecule has 0 spiro atoms. The number of benzene rings is 2. The molecule has 1 unspecified atom stereocenters. The Bertz CT molecular complexity index is 593. The molecule has 0 aliphatic carbocycles. The van der Waals surface area contributed by atoms with Crippen LogP contribution in [0.25, 0.3) is 0 Å². The van der Waals surface area contributed by atoms with Crippen molar-refractivity contribution in [3.05, 3.63) is 65.2 Å². The minimum Gasteiger partial charge on any atom is -0.368 e. The molecule has 0 saturated heterocycles. The number of para-hydroxylation sites is 1. The minimum atomic E-state index is 0.244. The Kier molecular flexibility index (Phi) is 3.92. The van der Waals surface area contributed by atoms with Gasteiger partial charge in [-0.2, -0.15) is 0 Å². The largest absolute Gasteiger partial charge is 0.368 e. The summed E-state index contributed by atoms with van der Waals surface area (Å²) in [6, 6.07) is 16.9. The summed E-state index contributed by atoms with van der Waals surface area (Å²) in [4.78, 5) is 2.24. The van der Waals surface area contributed by atoms with Gasteiger partial charge < -0.3 is 4.90 Å². The highest BCUT2D eigenvalue weighted by molar-refractivity contribution is 5.51. The van der Waals surface area contributed by atoms with E-state index in [1.165, 1.54) is 16.8 Å². The Hall–Kier alpha value is -2.20. The Balaban J connectivity index is 2.35. The van der Waals surface area contributed by atoms with E-state index >= 15 is 0 Å². The third kappa shape index (κ3) is 2.80. The molecule has 0 amide bonds. The van der Waals surface area contributed by atoms with Gasteiger partial charge in [-0.3, -0.25) is 0 Å². The quantitative estimate of drug-likeness (QED) is 0.738. The summed E-state index contributed by atoms with van der Waals surface area (Å²) < 4.78 is 0. The molecule has 0 fully saturated rings. The van der Waals surface area contributed by atoms with Crippen molar-refractivity contribution in [2.24, 2.45) is 0 Å². The standard InChI is InChI=1S/C18H19N/c1-5-16-13-14(2)11-12-18(16)15(3)19(4)17-9-7-6-8-10-17/h1,6-13,15H,2-4H3. The number of terminal acetylenes is 1. The van der Waals surface area contributed by atoms with E-state index < -0.39 is 0 Å². The molecule has 1 heteroatoms. The van der Waals surface area contributed by atoms with Gasteiger partial charge in [0.05, 0.1) is 6.04 Å². The maximum atomic E-state index is 5.63. The molecule has 0 saturated carbocycles. The van der Waals surface area contributed by atoms with Crippen LogP contribution in [-0.2, 0) is 0 Å². The molecular formula is C18H19N.